The minimum absolute atomic E-state index is 0.364. The SMILES string of the molecule is O[PH](c1ccc(F)cc1)(c1ccc(F)cc1)c1cccc([PH](P)(c2ccc(F)cc2)c2ccc(F)cc2)c1. The Bertz CT molecular complexity index is 1350. The summed E-state index contributed by atoms with van der Waals surface area (Å²) in [6, 6.07) is 31.5. The molecule has 0 saturated heterocycles. The predicted octanol–water partition coefficient (Wildman–Crippen LogP) is 4.99. The Balaban J connectivity index is 1.75. The fraction of sp³-hybridized carbons (Fsp3) is 0. The van der Waals surface area contributed by atoms with Crippen molar-refractivity contribution in [3.63, 3.8) is 0 Å². The third-order valence-electron chi connectivity index (χ3n) is 6.86. The molecule has 0 aromatic heterocycles. The van der Waals surface area contributed by atoms with Crippen molar-refractivity contribution in [1.82, 2.24) is 0 Å². The van der Waals surface area contributed by atoms with Gasteiger partial charge in [-0.3, -0.25) is 0 Å². The summed E-state index contributed by atoms with van der Waals surface area (Å²) in [6.45, 7) is -2.88. The van der Waals surface area contributed by atoms with Gasteiger partial charge in [0.05, 0.1) is 0 Å². The van der Waals surface area contributed by atoms with E-state index >= 15 is 0 Å². The van der Waals surface area contributed by atoms with Gasteiger partial charge in [-0.25, -0.2) is 0 Å². The molecule has 5 rings (SSSR count). The van der Waals surface area contributed by atoms with Crippen molar-refractivity contribution in [1.29, 1.82) is 0 Å². The fourth-order valence-corrected chi connectivity index (χ4v) is 12.8. The van der Waals surface area contributed by atoms with E-state index in [2.05, 4.69) is 8.93 Å². The van der Waals surface area contributed by atoms with Gasteiger partial charge in [0.15, 0.2) is 0 Å². The van der Waals surface area contributed by atoms with Crippen LogP contribution in [0.2, 0.25) is 0 Å². The second-order valence-corrected chi connectivity index (χ2v) is 18.2. The molecule has 0 bridgehead atoms. The third kappa shape index (κ3) is 4.93. The van der Waals surface area contributed by atoms with Gasteiger partial charge in [-0.1, -0.05) is 0 Å². The summed E-state index contributed by atoms with van der Waals surface area (Å²) in [7, 11) is -0.740. The summed E-state index contributed by atoms with van der Waals surface area (Å²) < 4.78 is 55.4. The summed E-state index contributed by atoms with van der Waals surface area (Å²) in [5.74, 6) is -1.58. The zero-order valence-corrected chi connectivity index (χ0v) is 23.2. The van der Waals surface area contributed by atoms with E-state index in [1.807, 2.05) is 24.3 Å². The number of hydrogen-bond donors (Lipinski definition) is 1. The van der Waals surface area contributed by atoms with E-state index in [0.717, 1.165) is 15.9 Å². The van der Waals surface area contributed by atoms with Crippen molar-refractivity contribution in [3.05, 3.63) is 145 Å². The van der Waals surface area contributed by atoms with Crippen molar-refractivity contribution in [2.45, 2.75) is 0 Å². The average molecular weight is 570 g/mol. The van der Waals surface area contributed by atoms with E-state index in [9.17, 15) is 22.5 Å². The van der Waals surface area contributed by atoms with Crippen LogP contribution in [-0.4, -0.2) is 4.89 Å². The molecule has 0 amide bonds. The van der Waals surface area contributed by atoms with E-state index < -0.39 is 26.1 Å². The Kier molecular flexibility index (Phi) is 7.49. The molecule has 1 atom stereocenters. The van der Waals surface area contributed by atoms with Crippen molar-refractivity contribution in [2.75, 3.05) is 0 Å². The van der Waals surface area contributed by atoms with Crippen LogP contribution in [0.15, 0.2) is 121 Å². The molecule has 0 aliphatic carbocycles. The van der Waals surface area contributed by atoms with E-state index in [-0.39, 0.29) is 11.6 Å². The molecule has 0 spiro atoms. The molecule has 38 heavy (non-hydrogen) atoms. The van der Waals surface area contributed by atoms with E-state index in [1.54, 1.807) is 48.5 Å². The summed E-state index contributed by atoms with van der Waals surface area (Å²) >= 11 is 0. The normalized spacial score (nSPS) is 12.8. The summed E-state index contributed by atoms with van der Waals surface area (Å²) in [4.78, 5) is 12.4. The second kappa shape index (κ2) is 10.7. The molecule has 8 heteroatoms. The van der Waals surface area contributed by atoms with E-state index in [1.165, 1.54) is 48.5 Å². The zero-order valence-electron chi connectivity index (χ0n) is 20.1. The van der Waals surface area contributed by atoms with Crippen molar-refractivity contribution < 1.29 is 22.5 Å². The number of hydrogen-bond acceptors (Lipinski definition) is 1. The number of halogens is 4. The van der Waals surface area contributed by atoms with Gasteiger partial charge in [-0.05, 0) is 0 Å². The first-order valence-electron chi connectivity index (χ1n) is 11.9. The van der Waals surface area contributed by atoms with Gasteiger partial charge in [0.25, 0.3) is 0 Å². The zero-order chi connectivity index (χ0) is 26.9. The van der Waals surface area contributed by atoms with E-state index in [4.69, 9.17) is 0 Å². The summed E-state index contributed by atoms with van der Waals surface area (Å²) in [5, 5.41) is 4.34. The monoisotopic (exact) mass is 570 g/mol. The number of benzene rings is 5. The van der Waals surface area contributed by atoms with Crippen LogP contribution in [0.25, 0.3) is 0 Å². The first-order valence-corrected chi connectivity index (χ1v) is 17.6. The van der Waals surface area contributed by atoms with Crippen LogP contribution in [-0.2, 0) is 0 Å². The Labute approximate surface area is 222 Å². The summed E-state index contributed by atoms with van der Waals surface area (Å²) in [5.41, 5.74) is 0. The standard InChI is InChI=1S/C30H25F4OP3/c31-21-4-12-25(13-5-21)37(35,26-14-6-22(32)7-15-26)29-2-1-3-30(20-29)38(36,27-16-8-23(33)9-17-27)28-18-10-24(34)11-19-28/h1-20,35,37-38H,36H2. The molecule has 0 saturated carbocycles. The molecule has 0 fully saturated rings. The molecule has 0 aliphatic rings. The van der Waals surface area contributed by atoms with E-state index in [0.29, 0.717) is 15.9 Å². The maximum absolute atomic E-state index is 13.9. The fourth-order valence-electron chi connectivity index (χ4n) is 4.80. The van der Waals surface area contributed by atoms with Crippen molar-refractivity contribution in [2.24, 2.45) is 0 Å². The first kappa shape index (κ1) is 26.7. The topological polar surface area (TPSA) is 20.2 Å². The van der Waals surface area contributed by atoms with Crippen molar-refractivity contribution in [3.8, 4) is 0 Å². The quantitative estimate of drug-likeness (QED) is 0.225. The Morgan fingerprint density at radius 3 is 1.11 bits per heavy atom. The van der Waals surface area contributed by atoms with Gasteiger partial charge < -0.3 is 0 Å². The van der Waals surface area contributed by atoms with Gasteiger partial charge in [0.2, 0.25) is 0 Å². The van der Waals surface area contributed by atoms with Crippen molar-refractivity contribution >= 4 is 55.2 Å². The van der Waals surface area contributed by atoms with Gasteiger partial charge in [-0.2, -0.15) is 0 Å². The van der Waals surface area contributed by atoms with Crippen LogP contribution in [0.1, 0.15) is 0 Å². The van der Waals surface area contributed by atoms with Crippen LogP contribution >= 0.6 is 23.4 Å². The Morgan fingerprint density at radius 2 is 0.737 bits per heavy atom. The molecular weight excluding hydrogens is 545 g/mol. The molecule has 0 heterocycles. The Hall–Kier alpha value is -2.93. The maximum atomic E-state index is 13.9. The number of rotatable bonds is 6. The molecule has 194 valence electrons. The van der Waals surface area contributed by atoms with Crippen LogP contribution in [0.3, 0.4) is 0 Å². The Morgan fingerprint density at radius 1 is 0.421 bits per heavy atom. The molecule has 5 aromatic carbocycles. The first-order chi connectivity index (χ1) is 18.2. The second-order valence-electron chi connectivity index (χ2n) is 9.13. The van der Waals surface area contributed by atoms with Crippen LogP contribution in [0.4, 0.5) is 17.6 Å². The molecule has 0 aliphatic heterocycles. The molecule has 1 unspecified atom stereocenters. The van der Waals surface area contributed by atoms with Gasteiger partial charge in [0, 0.05) is 0 Å². The average Bonchev–Trinajstić information content (AvgIpc) is 2.94. The predicted molar refractivity (Wildman–Crippen MR) is 158 cm³/mol. The molecule has 5 aromatic rings. The van der Waals surface area contributed by atoms with Crippen LogP contribution in [0, 0.1) is 23.3 Å². The minimum atomic E-state index is -3.69. The van der Waals surface area contributed by atoms with Gasteiger partial charge >= 0.3 is 222 Å². The molecule has 0 radical (unpaired) electrons. The molecular formula is C30H25F4OP3. The van der Waals surface area contributed by atoms with Crippen LogP contribution < -0.4 is 31.8 Å². The molecule has 1 N–H and O–H groups in total. The van der Waals surface area contributed by atoms with Crippen LogP contribution in [0.5, 0.6) is 0 Å². The van der Waals surface area contributed by atoms with Gasteiger partial charge in [-0.15, -0.1) is 0 Å². The summed E-state index contributed by atoms with van der Waals surface area (Å²) in [6.07, 6.45) is 0. The molecule has 1 nitrogen and oxygen atoms in total. The van der Waals surface area contributed by atoms with Gasteiger partial charge in [0.1, 0.15) is 0 Å². The third-order valence-corrected chi connectivity index (χ3v) is 17.1.